The van der Waals surface area contributed by atoms with Crippen molar-refractivity contribution in [1.29, 1.82) is 0 Å². The predicted octanol–water partition coefficient (Wildman–Crippen LogP) is 0.953. The third-order valence-electron chi connectivity index (χ3n) is 1.89. The fourth-order valence-corrected chi connectivity index (χ4v) is 1.18. The van der Waals surface area contributed by atoms with Gasteiger partial charge in [0.2, 0.25) is 0 Å². The smallest absolute Gasteiger partial charge is 0.356 e. The zero-order valence-electron chi connectivity index (χ0n) is 10.8. The summed E-state index contributed by atoms with van der Waals surface area (Å²) in [6.07, 6.45) is 0. The van der Waals surface area contributed by atoms with E-state index in [1.54, 1.807) is 28.2 Å². The quantitative estimate of drug-likeness (QED) is 0.744. The molecule has 0 aliphatic rings. The number of benzene rings is 1. The molecule has 0 aliphatic carbocycles. The lowest BCUT2D eigenvalue weighted by Gasteiger charge is -2.11. The molecule has 0 saturated heterocycles. The van der Waals surface area contributed by atoms with Crippen molar-refractivity contribution in [2.45, 2.75) is 0 Å². The first-order valence-electron chi connectivity index (χ1n) is 5.29. The summed E-state index contributed by atoms with van der Waals surface area (Å²) in [5.74, 6) is -0.958. The zero-order valence-corrected chi connectivity index (χ0v) is 10.8. The molecule has 0 fully saturated rings. The van der Waals surface area contributed by atoms with Crippen LogP contribution in [0.25, 0.3) is 0 Å². The van der Waals surface area contributed by atoms with E-state index < -0.39 is 11.9 Å². The van der Waals surface area contributed by atoms with Gasteiger partial charge in [-0.15, -0.1) is 10.1 Å². The molecule has 0 N–H and O–H groups in total. The number of hydrogen-bond acceptors (Lipinski definition) is 6. The molecule has 0 radical (unpaired) electrons. The van der Waals surface area contributed by atoms with Crippen LogP contribution < -0.4 is 0 Å². The Morgan fingerprint density at radius 2 is 1.06 bits per heavy atom. The molecule has 18 heavy (non-hydrogen) atoms. The molecule has 0 aromatic heterocycles. The molecule has 0 spiro atoms. The summed E-state index contributed by atoms with van der Waals surface area (Å²) in [6, 6.07) is 6.05. The van der Waals surface area contributed by atoms with E-state index in [1.807, 2.05) is 0 Å². The van der Waals surface area contributed by atoms with E-state index >= 15 is 0 Å². The molecule has 0 saturated carbocycles. The predicted molar refractivity (Wildman–Crippen MR) is 64.6 cm³/mol. The molecule has 98 valence electrons. The van der Waals surface area contributed by atoms with Crippen LogP contribution in [0, 0.1) is 0 Å². The summed E-state index contributed by atoms with van der Waals surface area (Å²) >= 11 is 0. The van der Waals surface area contributed by atoms with Crippen molar-refractivity contribution in [2.24, 2.45) is 0 Å². The lowest BCUT2D eigenvalue weighted by molar-refractivity contribution is -0.0723. The first-order valence-corrected chi connectivity index (χ1v) is 5.29. The molecular formula is C12H16N2O4. The van der Waals surface area contributed by atoms with E-state index in [0.717, 1.165) is 0 Å². The molecule has 0 bridgehead atoms. The summed E-state index contributed by atoms with van der Waals surface area (Å²) in [5.41, 5.74) is 0.732. The van der Waals surface area contributed by atoms with Gasteiger partial charge in [0, 0.05) is 28.2 Å². The van der Waals surface area contributed by atoms with Crippen LogP contribution in [0.1, 0.15) is 20.7 Å². The van der Waals surface area contributed by atoms with E-state index in [4.69, 9.17) is 9.68 Å². The highest BCUT2D eigenvalue weighted by molar-refractivity contribution is 5.93. The van der Waals surface area contributed by atoms with Crippen LogP contribution in [0.3, 0.4) is 0 Å². The third kappa shape index (κ3) is 4.15. The molecule has 1 rings (SSSR count). The average Bonchev–Trinajstić information content (AvgIpc) is 2.27. The minimum atomic E-state index is -0.479. The van der Waals surface area contributed by atoms with Gasteiger partial charge in [-0.05, 0) is 24.3 Å². The molecule has 1 aromatic rings. The Balaban J connectivity index is 2.74. The van der Waals surface area contributed by atoms with Gasteiger partial charge in [0.1, 0.15) is 0 Å². The largest absolute Gasteiger partial charge is 0.364 e. The summed E-state index contributed by atoms with van der Waals surface area (Å²) in [6.45, 7) is 0. The molecule has 6 nitrogen and oxygen atoms in total. The van der Waals surface area contributed by atoms with Crippen LogP contribution in [-0.4, -0.2) is 50.3 Å². The third-order valence-corrected chi connectivity index (χ3v) is 1.89. The Labute approximate surface area is 106 Å². The van der Waals surface area contributed by atoms with Crippen molar-refractivity contribution in [1.82, 2.24) is 10.1 Å². The standard InChI is InChI=1S/C12H16N2O4/c1-13(2)17-11(15)9-5-7-10(8-6-9)12(16)18-14(3)4/h5-8H,1-4H3. The Morgan fingerprint density at radius 3 is 1.28 bits per heavy atom. The molecule has 0 amide bonds. The highest BCUT2D eigenvalue weighted by Gasteiger charge is 2.12. The SMILES string of the molecule is CN(C)OC(=O)c1ccc(C(=O)ON(C)C)cc1. The lowest BCUT2D eigenvalue weighted by atomic mass is 10.1. The van der Waals surface area contributed by atoms with Gasteiger partial charge in [0.05, 0.1) is 11.1 Å². The Hall–Kier alpha value is -1.92. The van der Waals surface area contributed by atoms with Crippen molar-refractivity contribution in [3.05, 3.63) is 35.4 Å². The fraction of sp³-hybridized carbons (Fsp3) is 0.333. The van der Waals surface area contributed by atoms with E-state index in [2.05, 4.69) is 0 Å². The summed E-state index contributed by atoms with van der Waals surface area (Å²) < 4.78 is 0. The number of carbonyl (C=O) groups excluding carboxylic acids is 2. The molecular weight excluding hydrogens is 236 g/mol. The molecule has 0 aliphatic heterocycles. The summed E-state index contributed by atoms with van der Waals surface area (Å²) in [4.78, 5) is 32.8. The molecule has 0 unspecified atom stereocenters. The van der Waals surface area contributed by atoms with Crippen LogP contribution in [-0.2, 0) is 9.68 Å². The monoisotopic (exact) mass is 252 g/mol. The second kappa shape index (κ2) is 6.13. The Bertz CT molecular complexity index is 385. The minimum Gasteiger partial charge on any atom is -0.364 e. The first kappa shape index (κ1) is 14.1. The maximum Gasteiger partial charge on any atom is 0.356 e. The first-order chi connectivity index (χ1) is 8.40. The van der Waals surface area contributed by atoms with Crippen LogP contribution in [0.5, 0.6) is 0 Å². The zero-order chi connectivity index (χ0) is 13.7. The maximum atomic E-state index is 11.5. The highest BCUT2D eigenvalue weighted by atomic mass is 16.7. The van der Waals surface area contributed by atoms with Crippen molar-refractivity contribution < 1.29 is 19.3 Å². The van der Waals surface area contributed by atoms with Gasteiger partial charge in [-0.2, -0.15) is 0 Å². The van der Waals surface area contributed by atoms with E-state index in [-0.39, 0.29) is 0 Å². The summed E-state index contributed by atoms with van der Waals surface area (Å²) in [5, 5.41) is 2.60. The van der Waals surface area contributed by atoms with Gasteiger partial charge < -0.3 is 9.68 Å². The number of hydrogen-bond donors (Lipinski definition) is 0. The van der Waals surface area contributed by atoms with Gasteiger partial charge >= 0.3 is 11.9 Å². The van der Waals surface area contributed by atoms with Crippen molar-refractivity contribution in [2.75, 3.05) is 28.2 Å². The van der Waals surface area contributed by atoms with Crippen LogP contribution in [0.2, 0.25) is 0 Å². The molecule has 1 aromatic carbocycles. The van der Waals surface area contributed by atoms with Gasteiger partial charge in [-0.25, -0.2) is 9.59 Å². The van der Waals surface area contributed by atoms with Gasteiger partial charge in [0.15, 0.2) is 0 Å². The lowest BCUT2D eigenvalue weighted by Crippen LogP contribution is -2.19. The number of nitrogens with zero attached hydrogens (tertiary/aromatic N) is 2. The number of hydroxylamine groups is 4. The highest BCUT2D eigenvalue weighted by Crippen LogP contribution is 2.08. The minimum absolute atomic E-state index is 0.366. The number of carbonyl (C=O) groups is 2. The van der Waals surface area contributed by atoms with Gasteiger partial charge in [-0.3, -0.25) is 0 Å². The van der Waals surface area contributed by atoms with E-state index in [1.165, 1.54) is 34.4 Å². The van der Waals surface area contributed by atoms with Crippen molar-refractivity contribution in [3.8, 4) is 0 Å². The Kier molecular flexibility index (Phi) is 4.82. The normalized spacial score (nSPS) is 10.6. The van der Waals surface area contributed by atoms with Crippen molar-refractivity contribution in [3.63, 3.8) is 0 Å². The fourth-order valence-electron chi connectivity index (χ4n) is 1.18. The van der Waals surface area contributed by atoms with E-state index in [0.29, 0.717) is 11.1 Å². The Morgan fingerprint density at radius 1 is 0.778 bits per heavy atom. The number of rotatable bonds is 4. The van der Waals surface area contributed by atoms with E-state index in [9.17, 15) is 9.59 Å². The van der Waals surface area contributed by atoms with Crippen LogP contribution >= 0.6 is 0 Å². The summed E-state index contributed by atoms with van der Waals surface area (Å²) in [7, 11) is 6.45. The molecule has 0 atom stereocenters. The molecule has 6 heteroatoms. The topological polar surface area (TPSA) is 59.1 Å². The maximum absolute atomic E-state index is 11.5. The average molecular weight is 252 g/mol. The van der Waals surface area contributed by atoms with Gasteiger partial charge in [-0.1, -0.05) is 0 Å². The second-order valence-electron chi connectivity index (χ2n) is 3.96. The van der Waals surface area contributed by atoms with Crippen molar-refractivity contribution >= 4 is 11.9 Å². The molecule has 0 heterocycles. The van der Waals surface area contributed by atoms with Crippen LogP contribution in [0.15, 0.2) is 24.3 Å². The van der Waals surface area contributed by atoms with Crippen LogP contribution in [0.4, 0.5) is 0 Å². The van der Waals surface area contributed by atoms with Gasteiger partial charge in [0.25, 0.3) is 0 Å². The second-order valence-corrected chi connectivity index (χ2v) is 3.96.